The van der Waals surface area contributed by atoms with E-state index in [1.807, 2.05) is 37.3 Å². The molecule has 142 valence electrons. The highest BCUT2D eigenvalue weighted by Gasteiger charge is 2.34. The van der Waals surface area contributed by atoms with Crippen LogP contribution in [0.2, 0.25) is 0 Å². The van der Waals surface area contributed by atoms with E-state index < -0.39 is 0 Å². The molecule has 1 aromatic rings. The molecule has 1 aromatic carbocycles. The third kappa shape index (κ3) is 6.12. The zero-order chi connectivity index (χ0) is 18.8. The van der Waals surface area contributed by atoms with Gasteiger partial charge in [0, 0.05) is 5.57 Å². The van der Waals surface area contributed by atoms with Gasteiger partial charge in [0.25, 0.3) is 5.91 Å². The number of anilines is 1. The van der Waals surface area contributed by atoms with Crippen molar-refractivity contribution in [2.75, 3.05) is 4.90 Å². The van der Waals surface area contributed by atoms with Crippen LogP contribution in [0.4, 0.5) is 5.69 Å². The second kappa shape index (κ2) is 10.9. The smallest absolute Gasteiger partial charge is 0.261 e. The Bertz CT molecular complexity index is 616. The van der Waals surface area contributed by atoms with Gasteiger partial charge in [0.15, 0.2) is 0 Å². The van der Waals surface area contributed by atoms with Gasteiger partial charge in [-0.3, -0.25) is 9.59 Å². The molecule has 3 heteroatoms. The second-order valence-electron chi connectivity index (χ2n) is 7.39. The van der Waals surface area contributed by atoms with E-state index in [-0.39, 0.29) is 18.2 Å². The molecule has 1 aliphatic heterocycles. The molecule has 3 nitrogen and oxygen atoms in total. The molecule has 0 aliphatic carbocycles. The van der Waals surface area contributed by atoms with Gasteiger partial charge in [-0.15, -0.1) is 0 Å². The number of carbonyl (C=O) groups is 2. The van der Waals surface area contributed by atoms with Gasteiger partial charge in [0.05, 0.1) is 12.1 Å². The van der Waals surface area contributed by atoms with Crippen LogP contribution in [0.15, 0.2) is 35.9 Å². The molecule has 2 rings (SSSR count). The zero-order valence-corrected chi connectivity index (χ0v) is 16.4. The maximum Gasteiger partial charge on any atom is 0.261 e. The van der Waals surface area contributed by atoms with Crippen molar-refractivity contribution in [3.05, 3.63) is 41.5 Å². The second-order valence-corrected chi connectivity index (χ2v) is 7.39. The predicted molar refractivity (Wildman–Crippen MR) is 108 cm³/mol. The first-order valence-electron chi connectivity index (χ1n) is 10.3. The Morgan fingerprint density at radius 3 is 2.08 bits per heavy atom. The lowest BCUT2D eigenvalue weighted by Gasteiger charge is -2.13. The number of benzene rings is 1. The molecular formula is C23H33NO2. The first-order valence-corrected chi connectivity index (χ1v) is 10.3. The average Bonchev–Trinajstić information content (AvgIpc) is 2.91. The molecule has 0 bridgehead atoms. The summed E-state index contributed by atoms with van der Waals surface area (Å²) in [5.74, 6) is -0.257. The van der Waals surface area contributed by atoms with Gasteiger partial charge in [-0.25, -0.2) is 4.90 Å². The number of rotatable bonds is 11. The van der Waals surface area contributed by atoms with Crippen LogP contribution in [0, 0.1) is 6.92 Å². The van der Waals surface area contributed by atoms with Crippen LogP contribution in [-0.2, 0) is 9.59 Å². The standard InChI is InChI=1S/C23H33NO2/c1-3-4-5-6-7-8-9-10-11-12-13-20-18-22(25)24(23(20)26)21-16-14-19(2)15-17-21/h13-17H,3-12,18H2,1-2H3/b20-13+. The molecule has 1 heterocycles. The minimum atomic E-state index is -0.144. The fraction of sp³-hybridized carbons (Fsp3) is 0.565. The molecule has 0 atom stereocenters. The molecule has 2 amide bonds. The van der Waals surface area contributed by atoms with Crippen molar-refractivity contribution in [1.82, 2.24) is 0 Å². The van der Waals surface area contributed by atoms with E-state index in [1.165, 1.54) is 56.3 Å². The lowest BCUT2D eigenvalue weighted by atomic mass is 10.1. The molecule has 0 saturated carbocycles. The fourth-order valence-corrected chi connectivity index (χ4v) is 3.42. The van der Waals surface area contributed by atoms with Gasteiger partial charge < -0.3 is 0 Å². The summed E-state index contributed by atoms with van der Waals surface area (Å²) in [6, 6.07) is 7.54. The summed E-state index contributed by atoms with van der Waals surface area (Å²) in [5, 5.41) is 0. The summed E-state index contributed by atoms with van der Waals surface area (Å²) in [6.07, 6.45) is 14.8. The maximum atomic E-state index is 12.5. The van der Waals surface area contributed by atoms with E-state index in [2.05, 4.69) is 6.92 Å². The van der Waals surface area contributed by atoms with Crippen molar-refractivity contribution in [3.63, 3.8) is 0 Å². The van der Waals surface area contributed by atoms with Crippen LogP contribution in [0.1, 0.15) is 83.1 Å². The number of imide groups is 1. The summed E-state index contributed by atoms with van der Waals surface area (Å²) < 4.78 is 0. The van der Waals surface area contributed by atoms with Crippen molar-refractivity contribution >= 4 is 17.5 Å². The van der Waals surface area contributed by atoms with Gasteiger partial charge in [0.2, 0.25) is 5.91 Å². The maximum absolute atomic E-state index is 12.5. The Kier molecular flexibility index (Phi) is 8.60. The van der Waals surface area contributed by atoms with Gasteiger partial charge >= 0.3 is 0 Å². The van der Waals surface area contributed by atoms with Crippen molar-refractivity contribution in [2.45, 2.75) is 84.5 Å². The molecule has 1 fully saturated rings. The Labute approximate surface area is 158 Å². The van der Waals surface area contributed by atoms with E-state index in [0.717, 1.165) is 18.4 Å². The van der Waals surface area contributed by atoms with E-state index in [9.17, 15) is 9.59 Å². The molecule has 1 saturated heterocycles. The third-order valence-electron chi connectivity index (χ3n) is 5.06. The Morgan fingerprint density at radius 2 is 1.46 bits per heavy atom. The Morgan fingerprint density at radius 1 is 0.885 bits per heavy atom. The van der Waals surface area contributed by atoms with Gasteiger partial charge in [0.1, 0.15) is 0 Å². The first-order chi connectivity index (χ1) is 12.6. The predicted octanol–water partition coefficient (Wildman–Crippen LogP) is 6.11. The average molecular weight is 356 g/mol. The quantitative estimate of drug-likeness (QED) is 0.273. The van der Waals surface area contributed by atoms with E-state index >= 15 is 0 Å². The van der Waals surface area contributed by atoms with Crippen LogP contribution >= 0.6 is 0 Å². The van der Waals surface area contributed by atoms with Crippen LogP contribution in [0.5, 0.6) is 0 Å². The Hall–Kier alpha value is -1.90. The molecule has 0 unspecified atom stereocenters. The van der Waals surface area contributed by atoms with Crippen molar-refractivity contribution in [3.8, 4) is 0 Å². The molecule has 0 aromatic heterocycles. The van der Waals surface area contributed by atoms with Gasteiger partial charge in [-0.2, -0.15) is 0 Å². The fourth-order valence-electron chi connectivity index (χ4n) is 3.42. The molecule has 26 heavy (non-hydrogen) atoms. The molecule has 1 aliphatic rings. The van der Waals surface area contributed by atoms with E-state index in [1.54, 1.807) is 0 Å². The number of hydrogen-bond donors (Lipinski definition) is 0. The lowest BCUT2D eigenvalue weighted by Crippen LogP contribution is -2.28. The third-order valence-corrected chi connectivity index (χ3v) is 5.06. The monoisotopic (exact) mass is 355 g/mol. The molecule has 0 radical (unpaired) electrons. The van der Waals surface area contributed by atoms with Crippen molar-refractivity contribution in [2.24, 2.45) is 0 Å². The Balaban J connectivity index is 1.70. The number of aryl methyl sites for hydroxylation is 1. The van der Waals surface area contributed by atoms with Crippen LogP contribution in [-0.4, -0.2) is 11.8 Å². The number of nitrogens with zero attached hydrogens (tertiary/aromatic N) is 1. The molecule has 0 spiro atoms. The summed E-state index contributed by atoms with van der Waals surface area (Å²) >= 11 is 0. The largest absolute Gasteiger partial charge is 0.274 e. The highest BCUT2D eigenvalue weighted by molar-refractivity contribution is 6.28. The zero-order valence-electron chi connectivity index (χ0n) is 16.4. The first kappa shape index (κ1) is 20.4. The number of carbonyl (C=O) groups excluding carboxylic acids is 2. The minimum Gasteiger partial charge on any atom is -0.274 e. The topological polar surface area (TPSA) is 37.4 Å². The minimum absolute atomic E-state index is 0.114. The van der Waals surface area contributed by atoms with Crippen molar-refractivity contribution in [1.29, 1.82) is 0 Å². The molecular weight excluding hydrogens is 322 g/mol. The van der Waals surface area contributed by atoms with Gasteiger partial charge in [-0.05, 0) is 31.9 Å². The highest BCUT2D eigenvalue weighted by Crippen LogP contribution is 2.26. The van der Waals surface area contributed by atoms with Crippen molar-refractivity contribution < 1.29 is 9.59 Å². The normalized spacial score (nSPS) is 16.1. The van der Waals surface area contributed by atoms with E-state index in [4.69, 9.17) is 0 Å². The highest BCUT2D eigenvalue weighted by atomic mass is 16.2. The van der Waals surface area contributed by atoms with Gasteiger partial charge in [-0.1, -0.05) is 82.1 Å². The number of amides is 2. The summed E-state index contributed by atoms with van der Waals surface area (Å²) in [5.41, 5.74) is 2.46. The van der Waals surface area contributed by atoms with Crippen LogP contribution in [0.25, 0.3) is 0 Å². The number of unbranched alkanes of at least 4 members (excludes halogenated alkanes) is 9. The number of hydrogen-bond acceptors (Lipinski definition) is 2. The SMILES string of the molecule is CCCCCCCCCCC/C=C1\CC(=O)N(c2ccc(C)cc2)C1=O. The summed E-state index contributed by atoms with van der Waals surface area (Å²) in [4.78, 5) is 26.1. The van der Waals surface area contributed by atoms with Crippen LogP contribution in [0.3, 0.4) is 0 Å². The number of allylic oxidation sites excluding steroid dienone is 1. The van der Waals surface area contributed by atoms with Crippen LogP contribution < -0.4 is 4.90 Å². The molecule has 0 N–H and O–H groups in total. The van der Waals surface area contributed by atoms with E-state index in [0.29, 0.717) is 11.3 Å². The summed E-state index contributed by atoms with van der Waals surface area (Å²) in [6.45, 7) is 4.24. The lowest BCUT2D eigenvalue weighted by molar-refractivity contribution is -0.120. The summed E-state index contributed by atoms with van der Waals surface area (Å²) in [7, 11) is 0.